The Morgan fingerprint density at radius 2 is 1.22 bits per heavy atom. The van der Waals surface area contributed by atoms with Gasteiger partial charge in [-0.15, -0.1) is 0 Å². The fraction of sp³-hybridized carbons (Fsp3) is 0.0357. The third-order valence-corrected chi connectivity index (χ3v) is 12.3. The van der Waals surface area contributed by atoms with Gasteiger partial charge in [-0.1, -0.05) is 152 Å². The highest BCUT2D eigenvalue weighted by Gasteiger charge is 2.31. The summed E-state index contributed by atoms with van der Waals surface area (Å²) in [6.07, 6.45) is 13.7. The van der Waals surface area contributed by atoms with E-state index in [1.165, 1.54) is 49.7 Å². The molecule has 0 aliphatic heterocycles. The molecule has 2 atom stereocenters. The number of furan rings is 1. The van der Waals surface area contributed by atoms with E-state index in [4.69, 9.17) is 4.42 Å². The van der Waals surface area contributed by atoms with Crippen LogP contribution in [-0.4, -0.2) is 4.57 Å². The summed E-state index contributed by atoms with van der Waals surface area (Å²) in [5.74, 6) is 0.527. The summed E-state index contributed by atoms with van der Waals surface area (Å²) in [6.45, 7) is 0. The molecule has 0 bridgehead atoms. The van der Waals surface area contributed by atoms with Crippen LogP contribution in [0.1, 0.15) is 17.0 Å². The summed E-state index contributed by atoms with van der Waals surface area (Å²) in [4.78, 5) is 2.47. The van der Waals surface area contributed by atoms with Gasteiger partial charge in [-0.2, -0.15) is 0 Å². The Balaban J connectivity index is 1.06. The third-order valence-electron chi connectivity index (χ3n) is 12.3. The number of hydrogen-bond acceptors (Lipinski definition) is 2. The molecule has 2 aliphatic rings. The van der Waals surface area contributed by atoms with E-state index < -0.39 is 0 Å². The summed E-state index contributed by atoms with van der Waals surface area (Å²) < 4.78 is 9.18. The minimum absolute atomic E-state index is 0.225. The molecule has 0 saturated carbocycles. The first-order valence-corrected chi connectivity index (χ1v) is 20.4. The predicted molar refractivity (Wildman–Crippen MR) is 247 cm³/mol. The summed E-state index contributed by atoms with van der Waals surface area (Å²) in [5.41, 5.74) is 15.8. The van der Waals surface area contributed by atoms with Crippen LogP contribution < -0.4 is 4.90 Å². The molecule has 10 aromatic rings. The molecule has 278 valence electrons. The van der Waals surface area contributed by atoms with Gasteiger partial charge in [0.05, 0.1) is 27.8 Å². The highest BCUT2D eigenvalue weighted by Crippen LogP contribution is 2.51. The van der Waals surface area contributed by atoms with Gasteiger partial charge in [0.2, 0.25) is 0 Å². The Labute approximate surface area is 342 Å². The smallest absolute Gasteiger partial charge is 0.145 e. The van der Waals surface area contributed by atoms with Crippen molar-refractivity contribution in [3.63, 3.8) is 0 Å². The zero-order valence-corrected chi connectivity index (χ0v) is 32.2. The van der Waals surface area contributed by atoms with Gasteiger partial charge in [0.15, 0.2) is 0 Å². The molecule has 0 amide bonds. The topological polar surface area (TPSA) is 21.3 Å². The Morgan fingerprint density at radius 1 is 0.492 bits per heavy atom. The predicted octanol–water partition coefficient (Wildman–Crippen LogP) is 15.3. The number of hydrogen-bond donors (Lipinski definition) is 0. The minimum Gasteiger partial charge on any atom is -0.455 e. The Morgan fingerprint density at radius 3 is 2.08 bits per heavy atom. The van der Waals surface area contributed by atoms with Crippen molar-refractivity contribution in [3.8, 4) is 27.9 Å². The maximum atomic E-state index is 6.81. The summed E-state index contributed by atoms with van der Waals surface area (Å²) >= 11 is 0. The molecule has 3 nitrogen and oxygen atoms in total. The van der Waals surface area contributed by atoms with Gasteiger partial charge >= 0.3 is 0 Å². The maximum Gasteiger partial charge on any atom is 0.145 e. The molecule has 0 radical (unpaired) electrons. The van der Waals surface area contributed by atoms with E-state index >= 15 is 0 Å². The van der Waals surface area contributed by atoms with Crippen molar-refractivity contribution in [1.82, 2.24) is 4.57 Å². The van der Waals surface area contributed by atoms with Crippen molar-refractivity contribution in [2.75, 3.05) is 4.90 Å². The van der Waals surface area contributed by atoms with E-state index in [9.17, 15) is 0 Å². The molecular formula is C56H38N2O. The zero-order valence-electron chi connectivity index (χ0n) is 32.2. The van der Waals surface area contributed by atoms with Gasteiger partial charge in [0.25, 0.3) is 0 Å². The second kappa shape index (κ2) is 13.5. The monoisotopic (exact) mass is 754 g/mol. The van der Waals surface area contributed by atoms with Gasteiger partial charge in [-0.3, -0.25) is 0 Å². The average Bonchev–Trinajstić information content (AvgIpc) is 3.86. The molecule has 0 fully saturated rings. The zero-order chi connectivity index (χ0) is 38.9. The molecule has 2 aliphatic carbocycles. The highest BCUT2D eigenvalue weighted by molar-refractivity contribution is 6.17. The van der Waals surface area contributed by atoms with Crippen molar-refractivity contribution < 1.29 is 4.42 Å². The molecule has 0 saturated heterocycles. The van der Waals surface area contributed by atoms with E-state index in [1.807, 2.05) is 0 Å². The summed E-state index contributed by atoms with van der Waals surface area (Å²) in [7, 11) is 0. The van der Waals surface area contributed by atoms with Crippen molar-refractivity contribution in [1.29, 1.82) is 0 Å². The minimum atomic E-state index is 0.225. The molecule has 2 heterocycles. The number of anilines is 3. The molecule has 12 rings (SSSR count). The molecule has 59 heavy (non-hydrogen) atoms. The van der Waals surface area contributed by atoms with E-state index in [1.54, 1.807) is 0 Å². The SMILES string of the molecule is C1=CC2C=Cc3cccc(N(c4ccc(-c5ccc6c(c5)c5ccccc5n6-c5ccccc5)cc4)c4ccc(-c5ccccc5)c5oc6ccccc6c45)c3C2C=C1. The fourth-order valence-electron chi connectivity index (χ4n) is 9.65. The lowest BCUT2D eigenvalue weighted by molar-refractivity contribution is 0.670. The van der Waals surface area contributed by atoms with Crippen LogP contribution in [0.5, 0.6) is 0 Å². The lowest BCUT2D eigenvalue weighted by Crippen LogP contribution is -2.19. The van der Waals surface area contributed by atoms with E-state index in [2.05, 4.69) is 228 Å². The lowest BCUT2D eigenvalue weighted by atomic mass is 9.76. The highest BCUT2D eigenvalue weighted by atomic mass is 16.3. The molecule has 8 aromatic carbocycles. The number of fused-ring (bicyclic) bond motifs is 9. The molecule has 0 spiro atoms. The first-order valence-electron chi connectivity index (χ1n) is 20.4. The standard InChI is InChI=1S/C56H38N2O/c1-3-14-38(15-4-1)45-33-35-52(55-47-22-10-12-25-53(47)59-56(45)55)58(51-24-13-17-40-27-26-39-16-7-8-20-44(39)54(40)51)43-31-28-37(29-32-43)41-30-34-50-48(36-41)46-21-9-11-23-49(46)57(50)42-18-5-2-6-19-42/h1-36,39,44H. The first kappa shape index (κ1) is 33.5. The van der Waals surface area contributed by atoms with Crippen LogP contribution in [0.4, 0.5) is 17.1 Å². The number of nitrogens with zero attached hydrogens (tertiary/aromatic N) is 2. The van der Waals surface area contributed by atoms with Crippen LogP contribution in [0.2, 0.25) is 0 Å². The summed E-state index contributed by atoms with van der Waals surface area (Å²) in [6, 6.07) is 65.7. The quantitative estimate of drug-likeness (QED) is 0.169. The van der Waals surface area contributed by atoms with Gasteiger partial charge in [0.1, 0.15) is 11.2 Å². The third kappa shape index (κ3) is 5.36. The number of benzene rings is 8. The Kier molecular flexibility index (Phi) is 7.67. The van der Waals surface area contributed by atoms with Crippen molar-refractivity contribution in [2.45, 2.75) is 5.92 Å². The van der Waals surface area contributed by atoms with Crippen LogP contribution in [-0.2, 0) is 0 Å². The molecule has 2 aromatic heterocycles. The normalized spacial score (nSPS) is 15.6. The lowest BCUT2D eigenvalue weighted by Gasteiger charge is -2.35. The number of rotatable bonds is 6. The number of allylic oxidation sites excluding steroid dienone is 5. The average molecular weight is 755 g/mol. The molecule has 3 heteroatoms. The Bertz CT molecular complexity index is 3330. The maximum absolute atomic E-state index is 6.81. The second-order valence-corrected chi connectivity index (χ2v) is 15.6. The molecule has 0 N–H and O–H groups in total. The van der Waals surface area contributed by atoms with Gasteiger partial charge < -0.3 is 13.9 Å². The number of aromatic nitrogens is 1. The summed E-state index contributed by atoms with van der Waals surface area (Å²) in [5, 5.41) is 4.70. The van der Waals surface area contributed by atoms with Gasteiger partial charge in [-0.05, 0) is 94.5 Å². The largest absolute Gasteiger partial charge is 0.455 e. The van der Waals surface area contributed by atoms with Crippen LogP contribution in [0.25, 0.3) is 77.8 Å². The second-order valence-electron chi connectivity index (χ2n) is 15.6. The van der Waals surface area contributed by atoms with Gasteiger partial charge in [-0.25, -0.2) is 0 Å². The number of para-hydroxylation sites is 3. The Hall–Kier alpha value is -7.62. The van der Waals surface area contributed by atoms with E-state index in [0.29, 0.717) is 5.92 Å². The fourth-order valence-corrected chi connectivity index (χ4v) is 9.65. The molecular weight excluding hydrogens is 717 g/mol. The first-order chi connectivity index (χ1) is 29.3. The van der Waals surface area contributed by atoms with Gasteiger partial charge in [0, 0.05) is 44.9 Å². The van der Waals surface area contributed by atoms with Crippen LogP contribution in [0.15, 0.2) is 217 Å². The van der Waals surface area contributed by atoms with E-state index in [0.717, 1.165) is 50.1 Å². The van der Waals surface area contributed by atoms with Crippen LogP contribution in [0.3, 0.4) is 0 Å². The van der Waals surface area contributed by atoms with Crippen LogP contribution in [0, 0.1) is 5.92 Å². The van der Waals surface area contributed by atoms with Crippen LogP contribution >= 0.6 is 0 Å². The molecule has 2 unspecified atom stereocenters. The van der Waals surface area contributed by atoms with Crippen molar-refractivity contribution >= 4 is 66.9 Å². The van der Waals surface area contributed by atoms with Crippen molar-refractivity contribution in [2.24, 2.45) is 5.92 Å². The van der Waals surface area contributed by atoms with E-state index in [-0.39, 0.29) is 5.92 Å². The van der Waals surface area contributed by atoms with Crippen molar-refractivity contribution in [3.05, 3.63) is 223 Å².